The van der Waals surface area contributed by atoms with Crippen molar-refractivity contribution in [2.75, 3.05) is 0 Å². The molecule has 158 valence electrons. The number of sulfone groups is 1. The van der Waals surface area contributed by atoms with Crippen LogP contribution in [0.2, 0.25) is 5.02 Å². The first-order valence-corrected chi connectivity index (χ1v) is 11.8. The van der Waals surface area contributed by atoms with Gasteiger partial charge in [0.05, 0.1) is 17.0 Å². The molecule has 5 aromatic rings. The van der Waals surface area contributed by atoms with E-state index in [0.717, 1.165) is 10.9 Å². The summed E-state index contributed by atoms with van der Waals surface area (Å²) in [6, 6.07) is 24.8. The maximum absolute atomic E-state index is 13.8. The minimum atomic E-state index is -3.97. The highest BCUT2D eigenvalue weighted by atomic mass is 35.5. The van der Waals surface area contributed by atoms with Crippen LogP contribution in [0.5, 0.6) is 0 Å². The predicted molar refractivity (Wildman–Crippen MR) is 125 cm³/mol. The Balaban J connectivity index is 1.75. The fourth-order valence-electron chi connectivity index (χ4n) is 3.90. The van der Waals surface area contributed by atoms with Gasteiger partial charge in [-0.05, 0) is 47.3 Å². The number of aldehydes is 1. The van der Waals surface area contributed by atoms with Crippen LogP contribution in [-0.4, -0.2) is 24.5 Å². The number of nitrogens with zero attached hydrogens (tertiary/aromatic N) is 2. The zero-order valence-electron chi connectivity index (χ0n) is 16.8. The van der Waals surface area contributed by atoms with E-state index in [1.165, 1.54) is 0 Å². The number of aromatic nitrogens is 2. The van der Waals surface area contributed by atoms with Crippen molar-refractivity contribution >= 4 is 49.4 Å². The molecule has 0 amide bonds. The topological polar surface area (TPSA) is 69.0 Å². The van der Waals surface area contributed by atoms with Gasteiger partial charge in [0.25, 0.3) is 0 Å². The van der Waals surface area contributed by atoms with Gasteiger partial charge in [-0.25, -0.2) is 8.42 Å². The molecule has 4 aromatic carbocycles. The maximum Gasteiger partial charge on any atom is 0.226 e. The number of hydrogen-bond donors (Lipinski definition) is 0. The number of hydrogen-bond acceptors (Lipinski definition) is 4. The van der Waals surface area contributed by atoms with E-state index >= 15 is 0 Å². The Morgan fingerprint density at radius 2 is 1.66 bits per heavy atom. The third-order valence-corrected chi connectivity index (χ3v) is 7.37. The van der Waals surface area contributed by atoms with E-state index in [9.17, 15) is 13.2 Å². The third-order valence-electron chi connectivity index (χ3n) is 5.39. The Labute approximate surface area is 189 Å². The summed E-state index contributed by atoms with van der Waals surface area (Å²) >= 11 is 6.12. The molecule has 32 heavy (non-hydrogen) atoms. The lowest BCUT2D eigenvalue weighted by Gasteiger charge is -2.07. The monoisotopic (exact) mass is 460 g/mol. The molecule has 0 saturated heterocycles. The second-order valence-corrected chi connectivity index (χ2v) is 9.74. The average Bonchev–Trinajstić information content (AvgIpc) is 3.17. The molecule has 0 aliphatic carbocycles. The molecule has 0 spiro atoms. The van der Waals surface area contributed by atoms with E-state index in [1.807, 2.05) is 42.5 Å². The van der Waals surface area contributed by atoms with Crippen molar-refractivity contribution in [3.8, 4) is 0 Å². The molecule has 0 fully saturated rings. The van der Waals surface area contributed by atoms with Crippen molar-refractivity contribution < 1.29 is 13.2 Å². The second-order valence-electron chi connectivity index (χ2n) is 7.47. The first-order valence-electron chi connectivity index (χ1n) is 9.90. The van der Waals surface area contributed by atoms with Crippen LogP contribution >= 0.6 is 11.6 Å². The molecule has 5 nitrogen and oxygen atoms in total. The highest BCUT2D eigenvalue weighted by Crippen LogP contribution is 2.32. The van der Waals surface area contributed by atoms with Crippen molar-refractivity contribution in [2.24, 2.45) is 0 Å². The summed E-state index contributed by atoms with van der Waals surface area (Å²) in [7, 11) is -3.97. The molecule has 0 radical (unpaired) electrons. The standard InChI is InChI=1S/C25H17ClN2O3S/c26-20-8-3-5-17(13-20)15-28-23-12-11-18(16-29)14-22(23)25(27-28)32(30,31)24-10-4-7-19-6-1-2-9-21(19)24/h1-14,16H,15H2. The minimum absolute atomic E-state index is 0.0745. The van der Waals surface area contributed by atoms with Crippen LogP contribution in [0.15, 0.2) is 94.9 Å². The summed E-state index contributed by atoms with van der Waals surface area (Å²) in [5.41, 5.74) is 1.89. The number of carbonyl (C=O) groups is 1. The molecule has 5 rings (SSSR count). The molecule has 0 unspecified atom stereocenters. The molecule has 0 aliphatic heterocycles. The summed E-state index contributed by atoms with van der Waals surface area (Å²) in [5, 5.41) is 6.88. The van der Waals surface area contributed by atoms with Crippen LogP contribution in [-0.2, 0) is 16.4 Å². The van der Waals surface area contributed by atoms with Crippen LogP contribution in [0.3, 0.4) is 0 Å². The maximum atomic E-state index is 13.8. The molecule has 0 aliphatic rings. The minimum Gasteiger partial charge on any atom is -0.298 e. The van der Waals surface area contributed by atoms with Gasteiger partial charge in [-0.1, -0.05) is 60.1 Å². The van der Waals surface area contributed by atoms with Gasteiger partial charge >= 0.3 is 0 Å². The van der Waals surface area contributed by atoms with Gasteiger partial charge in [0.1, 0.15) is 6.29 Å². The summed E-state index contributed by atoms with van der Waals surface area (Å²) in [5.74, 6) is 0. The Morgan fingerprint density at radius 3 is 2.47 bits per heavy atom. The number of benzene rings is 4. The predicted octanol–water partition coefficient (Wildman–Crippen LogP) is 5.54. The summed E-state index contributed by atoms with van der Waals surface area (Å²) < 4.78 is 29.2. The Morgan fingerprint density at radius 1 is 0.875 bits per heavy atom. The van der Waals surface area contributed by atoms with Gasteiger partial charge in [-0.2, -0.15) is 5.10 Å². The quantitative estimate of drug-likeness (QED) is 0.323. The van der Waals surface area contributed by atoms with Crippen LogP contribution < -0.4 is 0 Å². The SMILES string of the molecule is O=Cc1ccc2c(c1)c(S(=O)(=O)c1cccc3ccccc13)nn2Cc1cccc(Cl)c1. The number of fused-ring (bicyclic) bond motifs is 2. The molecular weight excluding hydrogens is 444 g/mol. The van der Waals surface area contributed by atoms with Crippen molar-refractivity contribution in [1.29, 1.82) is 0 Å². The van der Waals surface area contributed by atoms with Gasteiger partial charge in [-0.3, -0.25) is 9.48 Å². The van der Waals surface area contributed by atoms with E-state index < -0.39 is 9.84 Å². The Bertz CT molecular complexity index is 1600. The fourth-order valence-corrected chi connectivity index (χ4v) is 5.72. The van der Waals surface area contributed by atoms with Gasteiger partial charge in [0.15, 0.2) is 5.03 Å². The van der Waals surface area contributed by atoms with Gasteiger partial charge in [-0.15, -0.1) is 0 Å². The molecule has 1 aromatic heterocycles. The van der Waals surface area contributed by atoms with Crippen LogP contribution in [0, 0.1) is 0 Å². The van der Waals surface area contributed by atoms with Crippen molar-refractivity contribution in [3.63, 3.8) is 0 Å². The normalized spacial score (nSPS) is 11.8. The van der Waals surface area contributed by atoms with E-state index in [2.05, 4.69) is 5.10 Å². The molecule has 0 atom stereocenters. The van der Waals surface area contributed by atoms with Crippen LogP contribution in [0.4, 0.5) is 0 Å². The van der Waals surface area contributed by atoms with Crippen molar-refractivity contribution in [1.82, 2.24) is 9.78 Å². The van der Waals surface area contributed by atoms with Gasteiger partial charge in [0.2, 0.25) is 9.84 Å². The number of carbonyl (C=O) groups excluding carboxylic acids is 1. The summed E-state index contributed by atoms with van der Waals surface area (Å²) in [6.45, 7) is 0.336. The molecule has 0 N–H and O–H groups in total. The smallest absolute Gasteiger partial charge is 0.226 e. The van der Waals surface area contributed by atoms with Gasteiger partial charge < -0.3 is 0 Å². The van der Waals surface area contributed by atoms with Crippen molar-refractivity contribution in [3.05, 3.63) is 101 Å². The lowest BCUT2D eigenvalue weighted by atomic mass is 10.1. The van der Waals surface area contributed by atoms with E-state index in [1.54, 1.807) is 47.1 Å². The zero-order chi connectivity index (χ0) is 22.3. The number of halogens is 1. The van der Waals surface area contributed by atoms with E-state index in [4.69, 9.17) is 11.6 Å². The van der Waals surface area contributed by atoms with Crippen molar-refractivity contribution in [2.45, 2.75) is 16.5 Å². The average molecular weight is 461 g/mol. The summed E-state index contributed by atoms with van der Waals surface area (Å²) in [4.78, 5) is 11.6. The molecule has 7 heteroatoms. The first kappa shape index (κ1) is 20.4. The van der Waals surface area contributed by atoms with E-state index in [0.29, 0.717) is 39.7 Å². The summed E-state index contributed by atoms with van der Waals surface area (Å²) in [6.07, 6.45) is 0.696. The lowest BCUT2D eigenvalue weighted by molar-refractivity contribution is 0.112. The van der Waals surface area contributed by atoms with E-state index in [-0.39, 0.29) is 9.92 Å². The highest BCUT2D eigenvalue weighted by molar-refractivity contribution is 7.91. The molecular formula is C25H17ClN2O3S. The van der Waals surface area contributed by atoms with Gasteiger partial charge in [0, 0.05) is 21.4 Å². The Kier molecular flexibility index (Phi) is 5.04. The second kappa shape index (κ2) is 7.89. The van der Waals surface area contributed by atoms with Crippen LogP contribution in [0.25, 0.3) is 21.7 Å². The molecule has 1 heterocycles. The first-order chi connectivity index (χ1) is 15.5. The Hall–Kier alpha value is -3.48. The molecule has 0 saturated carbocycles. The number of rotatable bonds is 5. The lowest BCUT2D eigenvalue weighted by Crippen LogP contribution is -2.07. The molecule has 0 bridgehead atoms. The fraction of sp³-hybridized carbons (Fsp3) is 0.0400. The highest BCUT2D eigenvalue weighted by Gasteiger charge is 2.27. The largest absolute Gasteiger partial charge is 0.298 e. The van der Waals surface area contributed by atoms with Crippen LogP contribution in [0.1, 0.15) is 15.9 Å². The zero-order valence-corrected chi connectivity index (χ0v) is 18.3. The third kappa shape index (κ3) is 3.47.